The number of Topliss-reactive ketones (excluding diaryl/α,β-unsaturated/α-hetero) is 1. The molecule has 0 rings (SSSR count). The Morgan fingerprint density at radius 2 is 1.87 bits per heavy atom. The van der Waals surface area contributed by atoms with Crippen LogP contribution in [0.5, 0.6) is 0 Å². The number of ether oxygens (including phenoxy) is 1. The standard InChI is InChI=1S/C13H24O2/c1-7-10(3)9-11(14)12(15-8-2)13(4,5)6/h12H,3,7-9H2,1-2,4-6H3. The third-order valence-corrected chi connectivity index (χ3v) is 2.34. The normalized spacial score (nSPS) is 13.7. The summed E-state index contributed by atoms with van der Waals surface area (Å²) in [4.78, 5) is 12.0. The molecule has 0 aromatic heterocycles. The molecule has 0 amide bonds. The van der Waals surface area contributed by atoms with E-state index < -0.39 is 0 Å². The van der Waals surface area contributed by atoms with Gasteiger partial charge in [0.1, 0.15) is 6.10 Å². The third-order valence-electron chi connectivity index (χ3n) is 2.34. The van der Waals surface area contributed by atoms with Gasteiger partial charge in [0.05, 0.1) is 0 Å². The van der Waals surface area contributed by atoms with Crippen molar-refractivity contribution in [3.05, 3.63) is 12.2 Å². The number of carbonyl (C=O) groups is 1. The molecule has 0 bridgehead atoms. The lowest BCUT2D eigenvalue weighted by Gasteiger charge is -2.29. The lowest BCUT2D eigenvalue weighted by atomic mass is 9.84. The van der Waals surface area contributed by atoms with E-state index in [2.05, 4.69) is 6.58 Å². The van der Waals surface area contributed by atoms with E-state index in [4.69, 9.17) is 4.74 Å². The van der Waals surface area contributed by atoms with Crippen LogP contribution in [0.4, 0.5) is 0 Å². The van der Waals surface area contributed by atoms with Gasteiger partial charge in [-0.25, -0.2) is 0 Å². The lowest BCUT2D eigenvalue weighted by molar-refractivity contribution is -0.136. The fourth-order valence-corrected chi connectivity index (χ4v) is 1.46. The molecule has 2 nitrogen and oxygen atoms in total. The molecule has 15 heavy (non-hydrogen) atoms. The van der Waals surface area contributed by atoms with Gasteiger partial charge in [-0.2, -0.15) is 0 Å². The average molecular weight is 212 g/mol. The van der Waals surface area contributed by atoms with Gasteiger partial charge in [0.15, 0.2) is 5.78 Å². The van der Waals surface area contributed by atoms with Gasteiger partial charge in [0.25, 0.3) is 0 Å². The van der Waals surface area contributed by atoms with Gasteiger partial charge < -0.3 is 4.74 Å². The van der Waals surface area contributed by atoms with E-state index in [0.717, 1.165) is 12.0 Å². The molecule has 0 radical (unpaired) electrons. The first-order chi connectivity index (χ1) is 6.82. The van der Waals surface area contributed by atoms with E-state index in [1.54, 1.807) is 0 Å². The quantitative estimate of drug-likeness (QED) is 0.631. The van der Waals surface area contributed by atoms with Crippen LogP contribution in [0.15, 0.2) is 12.2 Å². The second-order valence-corrected chi connectivity index (χ2v) is 4.95. The largest absolute Gasteiger partial charge is 0.370 e. The maximum atomic E-state index is 12.0. The summed E-state index contributed by atoms with van der Waals surface area (Å²) < 4.78 is 5.52. The SMILES string of the molecule is C=C(CC)CC(=O)C(OCC)C(C)(C)C. The number of hydrogen-bond acceptors (Lipinski definition) is 2. The van der Waals surface area contributed by atoms with Crippen LogP contribution < -0.4 is 0 Å². The maximum absolute atomic E-state index is 12.0. The molecule has 0 N–H and O–H groups in total. The molecule has 0 saturated heterocycles. The van der Waals surface area contributed by atoms with Crippen LogP contribution in [0.1, 0.15) is 47.5 Å². The molecule has 0 aromatic carbocycles. The highest BCUT2D eigenvalue weighted by Crippen LogP contribution is 2.25. The maximum Gasteiger partial charge on any atom is 0.166 e. The minimum atomic E-state index is -0.314. The highest BCUT2D eigenvalue weighted by atomic mass is 16.5. The smallest absolute Gasteiger partial charge is 0.166 e. The van der Waals surface area contributed by atoms with Crippen molar-refractivity contribution in [1.82, 2.24) is 0 Å². The number of hydrogen-bond donors (Lipinski definition) is 0. The molecule has 0 aliphatic rings. The van der Waals surface area contributed by atoms with Crippen LogP contribution in [-0.4, -0.2) is 18.5 Å². The Bertz CT molecular complexity index is 223. The highest BCUT2D eigenvalue weighted by Gasteiger charge is 2.31. The molecule has 0 spiro atoms. The first-order valence-corrected chi connectivity index (χ1v) is 5.63. The summed E-state index contributed by atoms with van der Waals surface area (Å²) in [7, 11) is 0. The average Bonchev–Trinajstić information content (AvgIpc) is 2.11. The Labute approximate surface area is 93.7 Å². The van der Waals surface area contributed by atoms with E-state index >= 15 is 0 Å². The topological polar surface area (TPSA) is 26.3 Å². The first-order valence-electron chi connectivity index (χ1n) is 5.63. The minimum absolute atomic E-state index is 0.138. The van der Waals surface area contributed by atoms with Crippen LogP contribution in [0.25, 0.3) is 0 Å². The molecule has 0 aromatic rings. The summed E-state index contributed by atoms with van der Waals surface area (Å²) in [5, 5.41) is 0. The lowest BCUT2D eigenvalue weighted by Crippen LogP contribution is -2.37. The fourth-order valence-electron chi connectivity index (χ4n) is 1.46. The second-order valence-electron chi connectivity index (χ2n) is 4.95. The van der Waals surface area contributed by atoms with Gasteiger partial charge in [-0.3, -0.25) is 4.79 Å². The predicted octanol–water partition coefficient (Wildman–Crippen LogP) is 3.36. The number of rotatable bonds is 6. The molecule has 1 atom stereocenters. The van der Waals surface area contributed by atoms with Gasteiger partial charge in [0, 0.05) is 13.0 Å². The van der Waals surface area contributed by atoms with Crippen molar-refractivity contribution in [2.45, 2.75) is 53.6 Å². The van der Waals surface area contributed by atoms with Crippen molar-refractivity contribution < 1.29 is 9.53 Å². The fraction of sp³-hybridized carbons (Fsp3) is 0.769. The zero-order valence-corrected chi connectivity index (χ0v) is 10.7. The molecule has 0 aliphatic heterocycles. The Morgan fingerprint density at radius 3 is 2.20 bits per heavy atom. The predicted molar refractivity (Wildman–Crippen MR) is 63.9 cm³/mol. The van der Waals surface area contributed by atoms with E-state index in [0.29, 0.717) is 13.0 Å². The monoisotopic (exact) mass is 212 g/mol. The minimum Gasteiger partial charge on any atom is -0.370 e. The van der Waals surface area contributed by atoms with Gasteiger partial charge in [-0.15, -0.1) is 0 Å². The summed E-state index contributed by atoms with van der Waals surface area (Å²) >= 11 is 0. The zero-order valence-electron chi connectivity index (χ0n) is 10.7. The van der Waals surface area contributed by atoms with Crippen molar-refractivity contribution in [1.29, 1.82) is 0 Å². The molecular formula is C13H24O2. The summed E-state index contributed by atoms with van der Waals surface area (Å²) in [5.41, 5.74) is 0.843. The Morgan fingerprint density at radius 1 is 1.33 bits per heavy atom. The van der Waals surface area contributed by atoms with Crippen molar-refractivity contribution in [3.8, 4) is 0 Å². The Balaban J connectivity index is 4.50. The van der Waals surface area contributed by atoms with Gasteiger partial charge in [-0.05, 0) is 18.8 Å². The second kappa shape index (κ2) is 6.06. The van der Waals surface area contributed by atoms with Crippen molar-refractivity contribution in [2.75, 3.05) is 6.61 Å². The van der Waals surface area contributed by atoms with E-state index in [1.165, 1.54) is 0 Å². The van der Waals surface area contributed by atoms with Crippen LogP contribution in [0, 0.1) is 5.41 Å². The van der Waals surface area contributed by atoms with Crippen molar-refractivity contribution in [2.24, 2.45) is 5.41 Å². The molecule has 2 heteroatoms. The molecule has 0 saturated carbocycles. The van der Waals surface area contributed by atoms with Crippen LogP contribution in [0.3, 0.4) is 0 Å². The Hall–Kier alpha value is -0.630. The summed E-state index contributed by atoms with van der Waals surface area (Å²) in [6.45, 7) is 14.5. The van der Waals surface area contributed by atoms with E-state index in [9.17, 15) is 4.79 Å². The molecule has 1 unspecified atom stereocenters. The van der Waals surface area contributed by atoms with E-state index in [1.807, 2.05) is 34.6 Å². The van der Waals surface area contributed by atoms with Crippen molar-refractivity contribution in [3.63, 3.8) is 0 Å². The zero-order chi connectivity index (χ0) is 12.1. The summed E-state index contributed by atoms with van der Waals surface area (Å²) in [5.74, 6) is 0.149. The Kier molecular flexibility index (Phi) is 5.81. The first kappa shape index (κ1) is 14.4. The molecular weight excluding hydrogens is 188 g/mol. The third kappa shape index (κ3) is 5.12. The molecule has 0 aliphatic carbocycles. The number of allylic oxidation sites excluding steroid dienone is 1. The number of ketones is 1. The molecule has 88 valence electrons. The molecule has 0 fully saturated rings. The molecule has 0 heterocycles. The van der Waals surface area contributed by atoms with Gasteiger partial charge in [0.2, 0.25) is 0 Å². The van der Waals surface area contributed by atoms with Crippen LogP contribution in [-0.2, 0) is 9.53 Å². The van der Waals surface area contributed by atoms with Crippen LogP contribution >= 0.6 is 0 Å². The van der Waals surface area contributed by atoms with E-state index in [-0.39, 0.29) is 17.3 Å². The summed E-state index contributed by atoms with van der Waals surface area (Å²) in [6, 6.07) is 0. The van der Waals surface area contributed by atoms with Crippen molar-refractivity contribution >= 4 is 5.78 Å². The number of carbonyl (C=O) groups excluding carboxylic acids is 1. The van der Waals surface area contributed by atoms with Gasteiger partial charge in [-0.1, -0.05) is 39.8 Å². The summed E-state index contributed by atoms with van der Waals surface area (Å²) in [6.07, 6.45) is 0.985. The highest BCUT2D eigenvalue weighted by molar-refractivity contribution is 5.85. The van der Waals surface area contributed by atoms with Gasteiger partial charge >= 0.3 is 0 Å². The van der Waals surface area contributed by atoms with Crippen LogP contribution in [0.2, 0.25) is 0 Å².